The minimum atomic E-state index is -0.0961. The summed E-state index contributed by atoms with van der Waals surface area (Å²) in [7, 11) is 0. The maximum atomic E-state index is 12.5. The van der Waals surface area contributed by atoms with Crippen LogP contribution in [0.15, 0.2) is 30.3 Å². The summed E-state index contributed by atoms with van der Waals surface area (Å²) < 4.78 is 0. The first-order chi connectivity index (χ1) is 10.7. The highest BCUT2D eigenvalue weighted by molar-refractivity contribution is 5.82. The Morgan fingerprint density at radius 2 is 1.82 bits per heavy atom. The van der Waals surface area contributed by atoms with Crippen molar-refractivity contribution in [1.82, 2.24) is 10.2 Å². The predicted molar refractivity (Wildman–Crippen MR) is 89.5 cm³/mol. The van der Waals surface area contributed by atoms with Gasteiger partial charge in [-0.3, -0.25) is 9.69 Å². The summed E-state index contributed by atoms with van der Waals surface area (Å²) in [6, 6.07) is 11.0. The number of amides is 1. The largest absolute Gasteiger partial charge is 0.353 e. The molecule has 3 rings (SSSR count). The summed E-state index contributed by atoms with van der Waals surface area (Å²) >= 11 is 0. The number of benzene rings is 1. The molecule has 1 aromatic rings. The van der Waals surface area contributed by atoms with Gasteiger partial charge in [0.15, 0.2) is 0 Å². The fourth-order valence-electron chi connectivity index (χ4n) is 3.82. The minimum absolute atomic E-state index is 0.0961. The smallest absolute Gasteiger partial charge is 0.226 e. The van der Waals surface area contributed by atoms with Crippen LogP contribution in [-0.4, -0.2) is 29.9 Å². The molecule has 1 aromatic carbocycles. The molecule has 0 bridgehead atoms. The molecule has 1 saturated carbocycles. The van der Waals surface area contributed by atoms with E-state index in [9.17, 15) is 4.79 Å². The van der Waals surface area contributed by atoms with Gasteiger partial charge in [-0.05, 0) is 31.2 Å². The average molecular weight is 300 g/mol. The third kappa shape index (κ3) is 3.70. The van der Waals surface area contributed by atoms with Crippen LogP contribution < -0.4 is 5.32 Å². The Kier molecular flexibility index (Phi) is 4.82. The van der Waals surface area contributed by atoms with E-state index in [-0.39, 0.29) is 5.41 Å². The van der Waals surface area contributed by atoms with E-state index in [0.29, 0.717) is 11.9 Å². The van der Waals surface area contributed by atoms with Gasteiger partial charge in [0.25, 0.3) is 0 Å². The Bertz CT molecular complexity index is 485. The maximum Gasteiger partial charge on any atom is 0.226 e. The van der Waals surface area contributed by atoms with Crippen LogP contribution in [0.25, 0.3) is 0 Å². The van der Waals surface area contributed by atoms with Crippen molar-refractivity contribution in [1.29, 1.82) is 0 Å². The summed E-state index contributed by atoms with van der Waals surface area (Å²) in [6.45, 7) is 5.33. The highest BCUT2D eigenvalue weighted by atomic mass is 16.2. The van der Waals surface area contributed by atoms with Crippen LogP contribution in [0.5, 0.6) is 0 Å². The highest BCUT2D eigenvalue weighted by Gasteiger charge is 2.37. The van der Waals surface area contributed by atoms with Crippen molar-refractivity contribution in [2.75, 3.05) is 13.1 Å². The first-order valence-electron chi connectivity index (χ1n) is 8.73. The Hall–Kier alpha value is -1.35. The molecular weight excluding hydrogens is 272 g/mol. The van der Waals surface area contributed by atoms with Crippen molar-refractivity contribution in [3.05, 3.63) is 35.9 Å². The van der Waals surface area contributed by atoms with Gasteiger partial charge < -0.3 is 5.32 Å². The topological polar surface area (TPSA) is 32.3 Å². The lowest BCUT2D eigenvalue weighted by Gasteiger charge is -2.34. The number of piperidine rings is 1. The van der Waals surface area contributed by atoms with Gasteiger partial charge in [-0.25, -0.2) is 0 Å². The number of likely N-dealkylation sites (tertiary alicyclic amines) is 1. The molecule has 0 spiro atoms. The van der Waals surface area contributed by atoms with E-state index in [2.05, 4.69) is 47.5 Å². The van der Waals surface area contributed by atoms with Gasteiger partial charge in [-0.15, -0.1) is 0 Å². The van der Waals surface area contributed by atoms with E-state index in [1.165, 1.54) is 18.4 Å². The lowest BCUT2D eigenvalue weighted by atomic mass is 9.87. The van der Waals surface area contributed by atoms with Gasteiger partial charge in [0, 0.05) is 31.1 Å². The predicted octanol–water partition coefficient (Wildman–Crippen LogP) is 3.35. The molecular formula is C19H28N2O. The minimum Gasteiger partial charge on any atom is -0.353 e. The van der Waals surface area contributed by atoms with Crippen molar-refractivity contribution < 1.29 is 4.79 Å². The molecule has 120 valence electrons. The maximum absolute atomic E-state index is 12.5. The molecule has 1 N–H and O–H groups in total. The number of nitrogens with zero attached hydrogens (tertiary/aromatic N) is 1. The standard InChI is InChI=1S/C19H28N2O/c1-19(11-5-6-12-19)18(22)20-17-9-13-21(14-10-17)15-16-7-3-2-4-8-16/h2-4,7-8,17H,5-6,9-15H2,1H3,(H,20,22). The molecule has 2 fully saturated rings. The van der Waals surface area contributed by atoms with E-state index in [0.717, 1.165) is 45.3 Å². The fourth-order valence-corrected chi connectivity index (χ4v) is 3.82. The molecule has 3 heteroatoms. The third-order valence-corrected chi connectivity index (χ3v) is 5.43. The molecule has 3 nitrogen and oxygen atoms in total. The zero-order valence-electron chi connectivity index (χ0n) is 13.7. The zero-order chi connectivity index (χ0) is 15.4. The lowest BCUT2D eigenvalue weighted by Crippen LogP contribution is -2.48. The number of carbonyl (C=O) groups is 1. The SMILES string of the molecule is CC1(C(=O)NC2CCN(Cc3ccccc3)CC2)CCCC1. The molecule has 1 aliphatic carbocycles. The summed E-state index contributed by atoms with van der Waals surface area (Å²) in [5, 5.41) is 3.32. The Morgan fingerprint density at radius 3 is 2.45 bits per heavy atom. The van der Waals surface area contributed by atoms with E-state index in [1.54, 1.807) is 0 Å². The van der Waals surface area contributed by atoms with Gasteiger partial charge in [0.05, 0.1) is 0 Å². The molecule has 1 aliphatic heterocycles. The Labute approximate surface area is 134 Å². The first-order valence-corrected chi connectivity index (χ1v) is 8.73. The molecule has 1 saturated heterocycles. The molecule has 0 aromatic heterocycles. The average Bonchev–Trinajstić information content (AvgIpc) is 2.98. The normalized spacial score (nSPS) is 22.6. The second-order valence-corrected chi connectivity index (χ2v) is 7.28. The van der Waals surface area contributed by atoms with Gasteiger partial charge in [-0.2, -0.15) is 0 Å². The third-order valence-electron chi connectivity index (χ3n) is 5.43. The van der Waals surface area contributed by atoms with E-state index < -0.39 is 0 Å². The molecule has 0 radical (unpaired) electrons. The van der Waals surface area contributed by atoms with Gasteiger partial charge in [0.1, 0.15) is 0 Å². The highest BCUT2D eigenvalue weighted by Crippen LogP contribution is 2.37. The summed E-state index contributed by atoms with van der Waals surface area (Å²) in [6.07, 6.45) is 6.69. The number of carbonyl (C=O) groups excluding carboxylic acids is 1. The van der Waals surface area contributed by atoms with Crippen LogP contribution in [0.2, 0.25) is 0 Å². The quantitative estimate of drug-likeness (QED) is 0.925. The zero-order valence-corrected chi connectivity index (χ0v) is 13.7. The van der Waals surface area contributed by atoms with Crippen LogP contribution in [0.3, 0.4) is 0 Å². The van der Waals surface area contributed by atoms with Crippen LogP contribution in [0.4, 0.5) is 0 Å². The molecule has 1 heterocycles. The molecule has 22 heavy (non-hydrogen) atoms. The first kappa shape index (κ1) is 15.5. The fraction of sp³-hybridized carbons (Fsp3) is 0.632. The van der Waals surface area contributed by atoms with Crippen molar-refractivity contribution in [3.8, 4) is 0 Å². The molecule has 1 amide bonds. The van der Waals surface area contributed by atoms with E-state index in [4.69, 9.17) is 0 Å². The van der Waals surface area contributed by atoms with Crippen LogP contribution in [0, 0.1) is 5.41 Å². The molecule has 2 aliphatic rings. The van der Waals surface area contributed by atoms with E-state index >= 15 is 0 Å². The Balaban J connectivity index is 1.45. The molecule has 0 atom stereocenters. The van der Waals surface area contributed by atoms with Crippen molar-refractivity contribution in [2.45, 2.75) is 58.0 Å². The van der Waals surface area contributed by atoms with Gasteiger partial charge in [0.2, 0.25) is 5.91 Å². The van der Waals surface area contributed by atoms with Gasteiger partial charge in [-0.1, -0.05) is 50.1 Å². The Morgan fingerprint density at radius 1 is 1.18 bits per heavy atom. The number of nitrogens with one attached hydrogen (secondary N) is 1. The van der Waals surface area contributed by atoms with E-state index in [1.807, 2.05) is 0 Å². The summed E-state index contributed by atoms with van der Waals surface area (Å²) in [4.78, 5) is 15.0. The second kappa shape index (κ2) is 6.82. The monoisotopic (exact) mass is 300 g/mol. The van der Waals surface area contributed by atoms with Gasteiger partial charge >= 0.3 is 0 Å². The summed E-state index contributed by atoms with van der Waals surface area (Å²) in [5.74, 6) is 0.298. The number of hydrogen-bond donors (Lipinski definition) is 1. The van der Waals surface area contributed by atoms with Crippen molar-refractivity contribution >= 4 is 5.91 Å². The van der Waals surface area contributed by atoms with Crippen molar-refractivity contribution in [2.24, 2.45) is 5.41 Å². The summed E-state index contributed by atoms with van der Waals surface area (Å²) in [5.41, 5.74) is 1.28. The second-order valence-electron chi connectivity index (χ2n) is 7.28. The van der Waals surface area contributed by atoms with Crippen LogP contribution >= 0.6 is 0 Å². The lowest BCUT2D eigenvalue weighted by molar-refractivity contribution is -0.131. The number of rotatable bonds is 4. The van der Waals surface area contributed by atoms with Crippen LogP contribution in [-0.2, 0) is 11.3 Å². The molecule has 0 unspecified atom stereocenters. The number of hydrogen-bond acceptors (Lipinski definition) is 2. The van der Waals surface area contributed by atoms with Crippen LogP contribution in [0.1, 0.15) is 51.0 Å². The van der Waals surface area contributed by atoms with Crippen molar-refractivity contribution in [3.63, 3.8) is 0 Å².